The molecule has 1 aliphatic heterocycles. The van der Waals surface area contributed by atoms with Crippen LogP contribution in [0.15, 0.2) is 24.3 Å². The van der Waals surface area contributed by atoms with E-state index in [1.165, 1.54) is 24.9 Å². The fraction of sp³-hybridized carbons (Fsp3) is 0.611. The first-order valence-electron chi connectivity index (χ1n) is 8.33. The Bertz CT molecular complexity index is 512. The van der Waals surface area contributed by atoms with E-state index in [9.17, 15) is 4.79 Å². The second-order valence-corrected chi connectivity index (χ2v) is 7.03. The van der Waals surface area contributed by atoms with Crippen molar-refractivity contribution >= 4 is 5.97 Å². The van der Waals surface area contributed by atoms with Gasteiger partial charge in [0, 0.05) is 38.3 Å². The van der Waals surface area contributed by atoms with Gasteiger partial charge in [-0.1, -0.05) is 12.1 Å². The SMILES string of the molecule is C[C@@H]1CN(Cc2ccc(C(=O)O)cc2)C[C@H](C)N1CC1CC1. The molecule has 0 aromatic heterocycles. The van der Waals surface area contributed by atoms with Crippen molar-refractivity contribution in [3.63, 3.8) is 0 Å². The number of carboxylic acids is 1. The lowest BCUT2D eigenvalue weighted by Crippen LogP contribution is -2.56. The number of piperazine rings is 1. The van der Waals surface area contributed by atoms with E-state index < -0.39 is 5.97 Å². The molecule has 120 valence electrons. The van der Waals surface area contributed by atoms with Crippen LogP contribution in [0.25, 0.3) is 0 Å². The van der Waals surface area contributed by atoms with Crippen molar-refractivity contribution < 1.29 is 9.90 Å². The van der Waals surface area contributed by atoms with Crippen LogP contribution in [-0.4, -0.2) is 52.6 Å². The van der Waals surface area contributed by atoms with Gasteiger partial charge < -0.3 is 5.11 Å². The van der Waals surface area contributed by atoms with E-state index >= 15 is 0 Å². The van der Waals surface area contributed by atoms with E-state index in [1.54, 1.807) is 12.1 Å². The van der Waals surface area contributed by atoms with Crippen LogP contribution in [-0.2, 0) is 6.54 Å². The molecule has 0 spiro atoms. The van der Waals surface area contributed by atoms with Crippen LogP contribution in [0.4, 0.5) is 0 Å². The van der Waals surface area contributed by atoms with Crippen molar-refractivity contribution in [2.75, 3.05) is 19.6 Å². The van der Waals surface area contributed by atoms with Crippen LogP contribution >= 0.6 is 0 Å². The van der Waals surface area contributed by atoms with Crippen molar-refractivity contribution in [1.29, 1.82) is 0 Å². The van der Waals surface area contributed by atoms with Crippen LogP contribution in [0, 0.1) is 5.92 Å². The van der Waals surface area contributed by atoms with E-state index in [0.29, 0.717) is 17.6 Å². The molecule has 2 fully saturated rings. The summed E-state index contributed by atoms with van der Waals surface area (Å²) in [6, 6.07) is 8.48. The molecule has 0 amide bonds. The fourth-order valence-electron chi connectivity index (χ4n) is 3.56. The maximum Gasteiger partial charge on any atom is 0.335 e. The first kappa shape index (κ1) is 15.5. The number of carbonyl (C=O) groups is 1. The molecule has 2 atom stereocenters. The molecule has 3 rings (SSSR count). The van der Waals surface area contributed by atoms with E-state index in [4.69, 9.17) is 5.11 Å². The topological polar surface area (TPSA) is 43.8 Å². The number of nitrogens with zero attached hydrogens (tertiary/aromatic N) is 2. The van der Waals surface area contributed by atoms with E-state index in [2.05, 4.69) is 23.6 Å². The molecule has 1 aromatic rings. The second kappa shape index (κ2) is 6.39. The maximum absolute atomic E-state index is 10.9. The molecule has 1 heterocycles. The van der Waals surface area contributed by atoms with Gasteiger partial charge in [0.15, 0.2) is 0 Å². The highest BCUT2D eigenvalue weighted by molar-refractivity contribution is 5.87. The first-order valence-corrected chi connectivity index (χ1v) is 8.33. The number of carboxylic acid groups (broad SMARTS) is 1. The second-order valence-electron chi connectivity index (χ2n) is 7.03. The van der Waals surface area contributed by atoms with Gasteiger partial charge in [-0.2, -0.15) is 0 Å². The van der Waals surface area contributed by atoms with Gasteiger partial charge in [-0.25, -0.2) is 4.79 Å². The molecule has 1 aliphatic carbocycles. The molecular weight excluding hydrogens is 276 g/mol. The molecule has 1 N–H and O–H groups in total. The molecule has 4 nitrogen and oxygen atoms in total. The zero-order valence-electron chi connectivity index (χ0n) is 13.5. The van der Waals surface area contributed by atoms with Crippen LogP contribution < -0.4 is 0 Å². The Morgan fingerprint density at radius 3 is 2.23 bits per heavy atom. The Kier molecular flexibility index (Phi) is 4.50. The molecule has 1 saturated heterocycles. The van der Waals surface area contributed by atoms with Crippen molar-refractivity contribution in [2.45, 2.75) is 45.3 Å². The average Bonchev–Trinajstić information content (AvgIpc) is 3.27. The summed E-state index contributed by atoms with van der Waals surface area (Å²) in [5.74, 6) is 0.0856. The Labute approximate surface area is 132 Å². The van der Waals surface area contributed by atoms with Gasteiger partial charge in [0.05, 0.1) is 5.56 Å². The maximum atomic E-state index is 10.9. The Hall–Kier alpha value is -1.39. The quantitative estimate of drug-likeness (QED) is 0.908. The van der Waals surface area contributed by atoms with Crippen molar-refractivity contribution in [3.05, 3.63) is 35.4 Å². The predicted octanol–water partition coefficient (Wildman–Crippen LogP) is 2.69. The number of hydrogen-bond donors (Lipinski definition) is 1. The summed E-state index contributed by atoms with van der Waals surface area (Å²) in [6.07, 6.45) is 2.82. The number of benzene rings is 1. The Morgan fingerprint density at radius 1 is 1.14 bits per heavy atom. The highest BCUT2D eigenvalue weighted by Crippen LogP contribution is 2.32. The summed E-state index contributed by atoms with van der Waals surface area (Å²) >= 11 is 0. The minimum absolute atomic E-state index is 0.361. The minimum atomic E-state index is -0.859. The standard InChI is InChI=1S/C18H26N2O2/c1-13-9-19(10-14(2)20(13)12-16-3-4-16)11-15-5-7-17(8-6-15)18(21)22/h5-8,13-14,16H,3-4,9-12H2,1-2H3,(H,21,22)/t13-,14+. The lowest BCUT2D eigenvalue weighted by atomic mass is 10.1. The Balaban J connectivity index is 1.58. The number of aromatic carboxylic acids is 1. The lowest BCUT2D eigenvalue weighted by molar-refractivity contribution is 0.0317. The van der Waals surface area contributed by atoms with E-state index in [1.807, 2.05) is 12.1 Å². The third-order valence-corrected chi connectivity index (χ3v) is 4.95. The Morgan fingerprint density at radius 2 is 1.73 bits per heavy atom. The largest absolute Gasteiger partial charge is 0.478 e. The van der Waals surface area contributed by atoms with Gasteiger partial charge in [-0.15, -0.1) is 0 Å². The normalized spacial score (nSPS) is 27.0. The molecule has 0 radical (unpaired) electrons. The number of hydrogen-bond acceptors (Lipinski definition) is 3. The monoisotopic (exact) mass is 302 g/mol. The summed E-state index contributed by atoms with van der Waals surface area (Å²) < 4.78 is 0. The molecular formula is C18H26N2O2. The summed E-state index contributed by atoms with van der Waals surface area (Å²) in [7, 11) is 0. The molecule has 0 bridgehead atoms. The third kappa shape index (κ3) is 3.68. The molecule has 2 aliphatic rings. The summed E-state index contributed by atoms with van der Waals surface area (Å²) in [5, 5.41) is 8.96. The highest BCUT2D eigenvalue weighted by Gasteiger charge is 2.33. The number of rotatable bonds is 5. The predicted molar refractivity (Wildman–Crippen MR) is 87.0 cm³/mol. The van der Waals surface area contributed by atoms with Gasteiger partial charge in [0.2, 0.25) is 0 Å². The van der Waals surface area contributed by atoms with Gasteiger partial charge in [0.1, 0.15) is 0 Å². The fourth-order valence-corrected chi connectivity index (χ4v) is 3.56. The summed E-state index contributed by atoms with van der Waals surface area (Å²) in [4.78, 5) is 16.1. The van der Waals surface area contributed by atoms with Gasteiger partial charge in [-0.3, -0.25) is 9.80 Å². The van der Waals surface area contributed by atoms with Crippen molar-refractivity contribution in [1.82, 2.24) is 9.80 Å². The van der Waals surface area contributed by atoms with Gasteiger partial charge >= 0.3 is 5.97 Å². The average molecular weight is 302 g/mol. The highest BCUT2D eigenvalue weighted by atomic mass is 16.4. The van der Waals surface area contributed by atoms with E-state index in [0.717, 1.165) is 25.6 Å². The molecule has 4 heteroatoms. The summed E-state index contributed by atoms with van der Waals surface area (Å²) in [6.45, 7) is 9.03. The van der Waals surface area contributed by atoms with Crippen LogP contribution in [0.3, 0.4) is 0 Å². The minimum Gasteiger partial charge on any atom is -0.478 e. The van der Waals surface area contributed by atoms with E-state index in [-0.39, 0.29) is 0 Å². The zero-order chi connectivity index (χ0) is 15.7. The molecule has 1 aromatic carbocycles. The first-order chi connectivity index (χ1) is 10.5. The summed E-state index contributed by atoms with van der Waals surface area (Å²) in [5.41, 5.74) is 1.56. The van der Waals surface area contributed by atoms with Crippen LogP contribution in [0.2, 0.25) is 0 Å². The molecule has 1 saturated carbocycles. The van der Waals surface area contributed by atoms with Gasteiger partial charge in [-0.05, 0) is 50.3 Å². The molecule has 22 heavy (non-hydrogen) atoms. The lowest BCUT2D eigenvalue weighted by Gasteiger charge is -2.44. The van der Waals surface area contributed by atoms with Crippen molar-refractivity contribution in [2.24, 2.45) is 5.92 Å². The van der Waals surface area contributed by atoms with Crippen LogP contribution in [0.5, 0.6) is 0 Å². The third-order valence-electron chi connectivity index (χ3n) is 4.95. The zero-order valence-corrected chi connectivity index (χ0v) is 13.5. The molecule has 0 unspecified atom stereocenters. The van der Waals surface area contributed by atoms with Gasteiger partial charge in [0.25, 0.3) is 0 Å². The smallest absolute Gasteiger partial charge is 0.335 e. The van der Waals surface area contributed by atoms with Crippen molar-refractivity contribution in [3.8, 4) is 0 Å². The van der Waals surface area contributed by atoms with Crippen LogP contribution in [0.1, 0.15) is 42.6 Å².